The molecule has 0 aromatic carbocycles. The van der Waals surface area contributed by atoms with Crippen LogP contribution in [-0.4, -0.2) is 53.4 Å². The Hall–Kier alpha value is -4.08. The largest absolute Gasteiger partial charge is 0.331 e. The van der Waals surface area contributed by atoms with Crippen molar-refractivity contribution in [2.75, 3.05) is 22.9 Å². The molecule has 0 spiro atoms. The number of imidazole rings is 1. The average molecular weight is 415 g/mol. The number of amides is 2. The Kier molecular flexibility index (Phi) is 4.66. The van der Waals surface area contributed by atoms with Gasteiger partial charge in [0.15, 0.2) is 5.82 Å². The van der Waals surface area contributed by atoms with Crippen molar-refractivity contribution in [2.45, 2.75) is 19.9 Å². The van der Waals surface area contributed by atoms with Crippen molar-refractivity contribution in [1.29, 1.82) is 0 Å². The summed E-state index contributed by atoms with van der Waals surface area (Å²) in [6, 6.07) is 9.37. The van der Waals surface area contributed by atoms with Gasteiger partial charge < -0.3 is 9.13 Å². The molecule has 0 saturated carbocycles. The maximum Gasteiger partial charge on any atom is 0.331 e. The highest BCUT2D eigenvalue weighted by molar-refractivity contribution is 6.05. The number of rotatable bonds is 5. The van der Waals surface area contributed by atoms with Gasteiger partial charge in [-0.1, -0.05) is 6.07 Å². The highest BCUT2D eigenvalue weighted by Gasteiger charge is 2.32. The molecule has 156 valence electrons. The summed E-state index contributed by atoms with van der Waals surface area (Å²) in [4.78, 5) is 29.7. The fourth-order valence-corrected chi connectivity index (χ4v) is 3.59. The number of hydrogen-bond acceptors (Lipinski definition) is 6. The second kappa shape index (κ2) is 7.63. The number of urea groups is 1. The molecule has 31 heavy (non-hydrogen) atoms. The second-order valence-electron chi connectivity index (χ2n) is 7.46. The van der Waals surface area contributed by atoms with E-state index in [9.17, 15) is 4.79 Å². The van der Waals surface area contributed by atoms with Crippen molar-refractivity contribution < 1.29 is 4.79 Å². The first-order chi connectivity index (χ1) is 15.1. The lowest BCUT2D eigenvalue weighted by molar-refractivity contribution is 0.255. The molecule has 5 rings (SSSR count). The van der Waals surface area contributed by atoms with Gasteiger partial charge in [0.2, 0.25) is 0 Å². The zero-order valence-electron chi connectivity index (χ0n) is 17.2. The molecule has 5 heterocycles. The maximum atomic E-state index is 13.2. The Morgan fingerprint density at radius 1 is 1.00 bits per heavy atom. The zero-order chi connectivity index (χ0) is 21.4. The third-order valence-electron chi connectivity index (χ3n) is 5.19. The van der Waals surface area contributed by atoms with Gasteiger partial charge in [-0.2, -0.15) is 0 Å². The highest BCUT2D eigenvalue weighted by atomic mass is 16.2. The van der Waals surface area contributed by atoms with E-state index in [1.165, 1.54) is 0 Å². The van der Waals surface area contributed by atoms with Crippen LogP contribution in [0.25, 0.3) is 17.2 Å². The molecule has 0 aliphatic carbocycles. The Morgan fingerprint density at radius 2 is 1.84 bits per heavy atom. The quantitative estimate of drug-likeness (QED) is 0.497. The van der Waals surface area contributed by atoms with Crippen LogP contribution < -0.4 is 9.80 Å². The minimum Gasteiger partial charge on any atom is -0.310 e. The molecule has 4 aromatic heterocycles. The molecule has 1 saturated heterocycles. The van der Waals surface area contributed by atoms with Gasteiger partial charge in [0.1, 0.15) is 23.7 Å². The van der Waals surface area contributed by atoms with Crippen LogP contribution >= 0.6 is 0 Å². The Labute approximate surface area is 178 Å². The summed E-state index contributed by atoms with van der Waals surface area (Å²) >= 11 is 0. The minimum atomic E-state index is -0.162. The molecule has 10 nitrogen and oxygen atoms in total. The van der Waals surface area contributed by atoms with Gasteiger partial charge in [0, 0.05) is 43.8 Å². The van der Waals surface area contributed by atoms with Crippen LogP contribution in [0.2, 0.25) is 0 Å². The lowest BCUT2D eigenvalue weighted by atomic mass is 10.3. The predicted octanol–water partition coefficient (Wildman–Crippen LogP) is 2.95. The molecule has 0 unspecified atom stereocenters. The van der Waals surface area contributed by atoms with Gasteiger partial charge in [-0.05, 0) is 32.0 Å². The lowest BCUT2D eigenvalue weighted by Crippen LogP contribution is -2.32. The zero-order valence-corrected chi connectivity index (χ0v) is 17.2. The summed E-state index contributed by atoms with van der Waals surface area (Å²) in [5, 5.41) is 8.22. The van der Waals surface area contributed by atoms with Crippen LogP contribution in [0.15, 0.2) is 61.6 Å². The van der Waals surface area contributed by atoms with E-state index in [1.807, 2.05) is 45.7 Å². The minimum absolute atomic E-state index is 0.162. The van der Waals surface area contributed by atoms with Gasteiger partial charge in [0.05, 0.1) is 12.0 Å². The predicted molar refractivity (Wildman–Crippen MR) is 115 cm³/mol. The van der Waals surface area contributed by atoms with Gasteiger partial charge >= 0.3 is 6.03 Å². The standard InChI is InChI=1S/C21H21N9O/c1-15(2)30-14-24-26-20(30)17-4-3-5-18(25-17)28-10-11-29(21(28)31)19-12-16(6-7-23-19)27-9-8-22-13-27/h3-9,12-15H,10-11H2,1-2H3. The molecule has 2 amide bonds. The van der Waals surface area contributed by atoms with Crippen LogP contribution in [0.3, 0.4) is 0 Å². The highest BCUT2D eigenvalue weighted by Crippen LogP contribution is 2.26. The summed E-state index contributed by atoms with van der Waals surface area (Å²) < 4.78 is 3.83. The normalized spacial score (nSPS) is 14.1. The first-order valence-corrected chi connectivity index (χ1v) is 10.0. The summed E-state index contributed by atoms with van der Waals surface area (Å²) in [5.41, 5.74) is 1.57. The molecule has 0 bridgehead atoms. The molecule has 1 fully saturated rings. The van der Waals surface area contributed by atoms with E-state index in [0.29, 0.717) is 36.2 Å². The van der Waals surface area contributed by atoms with Gasteiger partial charge in [0.25, 0.3) is 0 Å². The van der Waals surface area contributed by atoms with Gasteiger partial charge in [-0.15, -0.1) is 10.2 Å². The summed E-state index contributed by atoms with van der Waals surface area (Å²) in [6.07, 6.45) is 8.65. The molecular formula is C21H21N9O. The Bertz CT molecular complexity index is 1220. The number of carbonyl (C=O) groups is 1. The summed E-state index contributed by atoms with van der Waals surface area (Å²) in [6.45, 7) is 5.16. The molecule has 0 atom stereocenters. The van der Waals surface area contributed by atoms with E-state index in [2.05, 4.69) is 34.0 Å². The Balaban J connectivity index is 1.42. The lowest BCUT2D eigenvalue weighted by Gasteiger charge is -2.18. The van der Waals surface area contributed by atoms with Crippen LogP contribution in [0.1, 0.15) is 19.9 Å². The van der Waals surface area contributed by atoms with E-state index in [0.717, 1.165) is 5.69 Å². The number of hydrogen-bond donors (Lipinski definition) is 0. The Morgan fingerprint density at radius 3 is 2.61 bits per heavy atom. The van der Waals surface area contributed by atoms with Crippen molar-refractivity contribution in [3.05, 3.63) is 61.6 Å². The molecule has 0 N–H and O–H groups in total. The topological polar surface area (TPSA) is 97.9 Å². The molecule has 4 aromatic rings. The molecule has 0 radical (unpaired) electrons. The number of nitrogens with zero attached hydrogens (tertiary/aromatic N) is 9. The monoisotopic (exact) mass is 415 g/mol. The number of aromatic nitrogens is 7. The van der Waals surface area contributed by atoms with Crippen molar-refractivity contribution in [3.8, 4) is 17.2 Å². The number of carbonyl (C=O) groups excluding carboxylic acids is 1. The number of anilines is 2. The molecular weight excluding hydrogens is 394 g/mol. The van der Waals surface area contributed by atoms with Crippen LogP contribution in [0, 0.1) is 0 Å². The second-order valence-corrected chi connectivity index (χ2v) is 7.46. The first-order valence-electron chi connectivity index (χ1n) is 10.0. The maximum absolute atomic E-state index is 13.2. The third-order valence-corrected chi connectivity index (χ3v) is 5.19. The van der Waals surface area contributed by atoms with Gasteiger partial charge in [-0.25, -0.2) is 19.7 Å². The smallest absolute Gasteiger partial charge is 0.310 e. The summed E-state index contributed by atoms with van der Waals surface area (Å²) in [7, 11) is 0. The van der Waals surface area contributed by atoms with Crippen LogP contribution in [-0.2, 0) is 0 Å². The molecule has 10 heteroatoms. The van der Waals surface area contributed by atoms with Crippen molar-refractivity contribution in [2.24, 2.45) is 0 Å². The number of pyridine rings is 2. The van der Waals surface area contributed by atoms with Crippen molar-refractivity contribution >= 4 is 17.7 Å². The van der Waals surface area contributed by atoms with E-state index in [1.54, 1.807) is 34.8 Å². The van der Waals surface area contributed by atoms with E-state index in [-0.39, 0.29) is 12.1 Å². The first kappa shape index (κ1) is 18.9. The molecule has 1 aliphatic rings. The average Bonchev–Trinajstić information content (AvgIpc) is 3.54. The van der Waals surface area contributed by atoms with E-state index < -0.39 is 0 Å². The SMILES string of the molecule is CC(C)n1cnnc1-c1cccc(N2CCN(c3cc(-n4ccnc4)ccn3)C2=O)n1. The van der Waals surface area contributed by atoms with Crippen molar-refractivity contribution in [3.63, 3.8) is 0 Å². The fraction of sp³-hybridized carbons (Fsp3) is 0.238. The van der Waals surface area contributed by atoms with Crippen LogP contribution in [0.4, 0.5) is 16.4 Å². The van der Waals surface area contributed by atoms with E-state index in [4.69, 9.17) is 4.98 Å². The third kappa shape index (κ3) is 3.41. The fourth-order valence-electron chi connectivity index (χ4n) is 3.59. The summed E-state index contributed by atoms with van der Waals surface area (Å²) in [5.74, 6) is 1.85. The van der Waals surface area contributed by atoms with Gasteiger partial charge in [-0.3, -0.25) is 9.80 Å². The van der Waals surface area contributed by atoms with Crippen LogP contribution in [0.5, 0.6) is 0 Å². The van der Waals surface area contributed by atoms with Crippen molar-refractivity contribution in [1.82, 2.24) is 34.3 Å². The van der Waals surface area contributed by atoms with E-state index >= 15 is 0 Å². The molecule has 1 aliphatic heterocycles.